The maximum Gasteiger partial charge on any atom is 0.345 e. The van der Waals surface area contributed by atoms with Crippen LogP contribution < -0.4 is 5.32 Å². The van der Waals surface area contributed by atoms with Gasteiger partial charge in [-0.15, -0.1) is 0 Å². The van der Waals surface area contributed by atoms with E-state index >= 15 is 0 Å². The molecule has 6 nitrogen and oxygen atoms in total. The first-order valence-electron chi connectivity index (χ1n) is 6.46. The summed E-state index contributed by atoms with van der Waals surface area (Å²) in [6.07, 6.45) is -1.79. The molecule has 0 spiro atoms. The number of carboxylic acid groups (broad SMARTS) is 1. The predicted molar refractivity (Wildman–Crippen MR) is 70.3 cm³/mol. The lowest BCUT2D eigenvalue weighted by molar-refractivity contribution is -0.173. The molecule has 1 aliphatic heterocycles. The molecule has 0 amide bonds. The summed E-state index contributed by atoms with van der Waals surface area (Å²) in [5.41, 5.74) is 0.801. The van der Waals surface area contributed by atoms with Crippen LogP contribution in [-0.2, 0) is 25.5 Å². The molecule has 20 heavy (non-hydrogen) atoms. The minimum Gasteiger partial charge on any atom is -0.478 e. The van der Waals surface area contributed by atoms with Gasteiger partial charge in [0.25, 0.3) is 0 Å². The van der Waals surface area contributed by atoms with E-state index in [2.05, 4.69) is 5.32 Å². The number of carboxylic acids is 1. The van der Waals surface area contributed by atoms with Crippen LogP contribution in [0.3, 0.4) is 0 Å². The van der Waals surface area contributed by atoms with Gasteiger partial charge in [0, 0.05) is 19.5 Å². The van der Waals surface area contributed by atoms with Crippen molar-refractivity contribution in [1.82, 2.24) is 5.32 Å². The quantitative estimate of drug-likeness (QED) is 0.750. The van der Waals surface area contributed by atoms with Crippen molar-refractivity contribution in [3.63, 3.8) is 0 Å². The highest BCUT2D eigenvalue weighted by molar-refractivity contribution is 5.80. The van der Waals surface area contributed by atoms with Crippen molar-refractivity contribution in [2.75, 3.05) is 19.7 Å². The Morgan fingerprint density at radius 3 is 2.75 bits per heavy atom. The highest BCUT2D eigenvalue weighted by Gasteiger charge is 2.29. The molecule has 0 aliphatic carbocycles. The van der Waals surface area contributed by atoms with Gasteiger partial charge in [0.05, 0.1) is 6.61 Å². The summed E-state index contributed by atoms with van der Waals surface area (Å²) in [4.78, 5) is 23.0. The molecular weight excluding hydrogens is 262 g/mol. The summed E-state index contributed by atoms with van der Waals surface area (Å²) < 4.78 is 10.3. The van der Waals surface area contributed by atoms with Gasteiger partial charge >= 0.3 is 11.9 Å². The number of morpholine rings is 1. The number of carbonyl (C=O) groups is 2. The summed E-state index contributed by atoms with van der Waals surface area (Å²) in [6, 6.07) is 9.05. The molecule has 1 aromatic rings. The van der Waals surface area contributed by atoms with E-state index in [1.165, 1.54) is 0 Å². The summed E-state index contributed by atoms with van der Waals surface area (Å²) in [5, 5.41) is 12.1. The van der Waals surface area contributed by atoms with Crippen molar-refractivity contribution in [3.8, 4) is 0 Å². The van der Waals surface area contributed by atoms with Crippen molar-refractivity contribution in [2.24, 2.45) is 0 Å². The van der Waals surface area contributed by atoms with Gasteiger partial charge in [-0.05, 0) is 5.56 Å². The number of nitrogens with one attached hydrogen (secondary N) is 1. The maximum atomic E-state index is 11.9. The molecule has 1 fully saturated rings. The molecule has 108 valence electrons. The zero-order valence-corrected chi connectivity index (χ0v) is 11.0. The van der Waals surface area contributed by atoms with Gasteiger partial charge in [-0.2, -0.15) is 0 Å². The van der Waals surface area contributed by atoms with Gasteiger partial charge in [-0.3, -0.25) is 0 Å². The van der Waals surface area contributed by atoms with Crippen LogP contribution in [0.15, 0.2) is 30.3 Å². The standard InChI is InChI=1S/C14H17NO5/c16-13(17)11(8-10-4-2-1-3-5-10)20-14(18)12-9-15-6-7-19-12/h1-5,11-12,15H,6-9H2,(H,16,17)/t11-,12?/m0/s1. The monoisotopic (exact) mass is 279 g/mol. The Morgan fingerprint density at radius 1 is 1.40 bits per heavy atom. The molecule has 1 unspecified atom stereocenters. The van der Waals surface area contributed by atoms with Gasteiger partial charge in [0.2, 0.25) is 6.10 Å². The first-order valence-corrected chi connectivity index (χ1v) is 6.46. The molecular formula is C14H17NO5. The molecule has 0 saturated carbocycles. The topological polar surface area (TPSA) is 84.9 Å². The van der Waals surface area contributed by atoms with E-state index in [-0.39, 0.29) is 6.42 Å². The zero-order chi connectivity index (χ0) is 14.4. The molecule has 0 aromatic heterocycles. The van der Waals surface area contributed by atoms with Gasteiger partial charge in [0.15, 0.2) is 6.10 Å². The van der Waals surface area contributed by atoms with Gasteiger partial charge in [-0.25, -0.2) is 9.59 Å². The third-order valence-electron chi connectivity index (χ3n) is 2.99. The predicted octanol–water partition coefficient (Wildman–Crippen LogP) is 0.214. The average molecular weight is 279 g/mol. The fourth-order valence-electron chi connectivity index (χ4n) is 1.94. The molecule has 1 aromatic carbocycles. The smallest absolute Gasteiger partial charge is 0.345 e. The van der Waals surface area contributed by atoms with Crippen LogP contribution in [0.2, 0.25) is 0 Å². The molecule has 1 aliphatic rings. The van der Waals surface area contributed by atoms with E-state index in [0.29, 0.717) is 19.7 Å². The van der Waals surface area contributed by atoms with Crippen LogP contribution in [0.4, 0.5) is 0 Å². The van der Waals surface area contributed by atoms with Crippen molar-refractivity contribution >= 4 is 11.9 Å². The fraction of sp³-hybridized carbons (Fsp3) is 0.429. The maximum absolute atomic E-state index is 11.9. The molecule has 6 heteroatoms. The minimum atomic E-state index is -1.20. The Bertz CT molecular complexity index is 456. The lowest BCUT2D eigenvalue weighted by Crippen LogP contribution is -2.45. The lowest BCUT2D eigenvalue weighted by Gasteiger charge is -2.23. The number of ether oxygens (including phenoxy) is 2. The van der Waals surface area contributed by atoms with Crippen molar-refractivity contribution in [1.29, 1.82) is 0 Å². The second-order valence-corrected chi connectivity index (χ2v) is 4.52. The van der Waals surface area contributed by atoms with E-state index in [4.69, 9.17) is 14.6 Å². The highest BCUT2D eigenvalue weighted by Crippen LogP contribution is 2.09. The first-order chi connectivity index (χ1) is 9.66. The molecule has 1 saturated heterocycles. The fourth-order valence-corrected chi connectivity index (χ4v) is 1.94. The molecule has 0 bridgehead atoms. The lowest BCUT2D eigenvalue weighted by atomic mass is 10.1. The van der Waals surface area contributed by atoms with E-state index in [0.717, 1.165) is 5.56 Å². The third-order valence-corrected chi connectivity index (χ3v) is 2.99. The normalized spacial score (nSPS) is 20.1. The molecule has 1 heterocycles. The van der Waals surface area contributed by atoms with E-state index < -0.39 is 24.1 Å². The van der Waals surface area contributed by atoms with Crippen molar-refractivity contribution < 1.29 is 24.2 Å². The first kappa shape index (κ1) is 14.5. The summed E-state index contributed by atoms with van der Waals surface area (Å²) in [7, 11) is 0. The van der Waals surface area contributed by atoms with Crippen LogP contribution in [0, 0.1) is 0 Å². The van der Waals surface area contributed by atoms with E-state index in [1.54, 1.807) is 12.1 Å². The second-order valence-electron chi connectivity index (χ2n) is 4.52. The number of aliphatic carboxylic acids is 1. The summed E-state index contributed by atoms with van der Waals surface area (Å²) in [6.45, 7) is 1.43. The number of rotatable bonds is 5. The molecule has 2 N–H and O–H groups in total. The largest absolute Gasteiger partial charge is 0.478 e. The number of carbonyl (C=O) groups excluding carboxylic acids is 1. The Labute approximate surface area is 116 Å². The number of hydrogen-bond donors (Lipinski definition) is 2. The van der Waals surface area contributed by atoms with Crippen LogP contribution >= 0.6 is 0 Å². The third kappa shape index (κ3) is 4.04. The Kier molecular flexibility index (Phi) is 5.09. The zero-order valence-electron chi connectivity index (χ0n) is 11.0. The van der Waals surface area contributed by atoms with Gasteiger partial charge < -0.3 is 19.9 Å². The number of hydrogen-bond acceptors (Lipinski definition) is 5. The SMILES string of the molecule is O=C(O[C@@H](Cc1ccccc1)C(=O)O)C1CNCCO1. The van der Waals surface area contributed by atoms with Crippen LogP contribution in [0.5, 0.6) is 0 Å². The van der Waals surface area contributed by atoms with E-state index in [9.17, 15) is 9.59 Å². The van der Waals surface area contributed by atoms with E-state index in [1.807, 2.05) is 18.2 Å². The Hall–Kier alpha value is -1.92. The molecule has 2 rings (SSSR count). The number of benzene rings is 1. The number of esters is 1. The summed E-state index contributed by atoms with van der Waals surface area (Å²) in [5.74, 6) is -1.80. The average Bonchev–Trinajstić information content (AvgIpc) is 2.48. The Morgan fingerprint density at radius 2 is 2.15 bits per heavy atom. The Balaban J connectivity index is 1.95. The summed E-state index contributed by atoms with van der Waals surface area (Å²) >= 11 is 0. The van der Waals surface area contributed by atoms with Crippen LogP contribution in [0.1, 0.15) is 5.56 Å². The van der Waals surface area contributed by atoms with Crippen LogP contribution in [-0.4, -0.2) is 48.9 Å². The van der Waals surface area contributed by atoms with Crippen LogP contribution in [0.25, 0.3) is 0 Å². The highest BCUT2D eigenvalue weighted by atomic mass is 16.6. The van der Waals surface area contributed by atoms with Gasteiger partial charge in [0.1, 0.15) is 0 Å². The second kappa shape index (κ2) is 7.02. The van der Waals surface area contributed by atoms with Crippen molar-refractivity contribution in [3.05, 3.63) is 35.9 Å². The van der Waals surface area contributed by atoms with Gasteiger partial charge in [-0.1, -0.05) is 30.3 Å². The minimum absolute atomic E-state index is 0.141. The molecule has 2 atom stereocenters. The van der Waals surface area contributed by atoms with Crippen molar-refractivity contribution in [2.45, 2.75) is 18.6 Å². The molecule has 0 radical (unpaired) electrons.